The van der Waals surface area contributed by atoms with Crippen LogP contribution in [0, 0.1) is 11.8 Å². The van der Waals surface area contributed by atoms with Crippen molar-refractivity contribution < 1.29 is 22.7 Å². The van der Waals surface area contributed by atoms with Gasteiger partial charge in [-0.15, -0.1) is 5.10 Å². The van der Waals surface area contributed by atoms with Crippen molar-refractivity contribution in [3.63, 3.8) is 0 Å². The first kappa shape index (κ1) is 23.5. The lowest BCUT2D eigenvalue weighted by Crippen LogP contribution is -2.09. The number of pyridine rings is 1. The number of H-pyrrole nitrogens is 1. The number of benzene rings is 1. The first-order chi connectivity index (χ1) is 16.8. The van der Waals surface area contributed by atoms with Gasteiger partial charge in [-0.05, 0) is 42.7 Å². The van der Waals surface area contributed by atoms with E-state index in [1.54, 1.807) is 30.5 Å². The van der Waals surface area contributed by atoms with Gasteiger partial charge in [0.15, 0.2) is 0 Å². The van der Waals surface area contributed by atoms with E-state index < -0.39 is 17.6 Å². The number of halogens is 3. The van der Waals surface area contributed by atoms with E-state index in [0.717, 1.165) is 16.8 Å². The van der Waals surface area contributed by atoms with Crippen LogP contribution in [-0.2, 0) is 25.6 Å². The summed E-state index contributed by atoms with van der Waals surface area (Å²) in [7, 11) is 0. The van der Waals surface area contributed by atoms with Gasteiger partial charge in [0, 0.05) is 29.6 Å². The zero-order chi connectivity index (χ0) is 24.8. The van der Waals surface area contributed by atoms with Crippen LogP contribution in [0.1, 0.15) is 34.0 Å². The van der Waals surface area contributed by atoms with E-state index in [9.17, 15) is 23.1 Å². The molecule has 0 aliphatic carbocycles. The third-order valence-corrected chi connectivity index (χ3v) is 4.76. The van der Waals surface area contributed by atoms with Gasteiger partial charge < -0.3 is 19.8 Å². The van der Waals surface area contributed by atoms with Crippen molar-refractivity contribution in [2.24, 2.45) is 0 Å². The zero-order valence-electron chi connectivity index (χ0n) is 17.9. The van der Waals surface area contributed by atoms with Crippen LogP contribution in [0.5, 0.6) is 5.75 Å². The number of nitrogens with zero attached hydrogens (tertiary/aromatic N) is 4. The van der Waals surface area contributed by atoms with E-state index >= 15 is 0 Å². The Bertz CT molecular complexity index is 1420. The zero-order valence-corrected chi connectivity index (χ0v) is 17.9. The van der Waals surface area contributed by atoms with E-state index in [0.29, 0.717) is 24.1 Å². The summed E-state index contributed by atoms with van der Waals surface area (Å²) in [4.78, 5) is 22.0. The molecule has 9 nitrogen and oxygen atoms in total. The molecule has 0 saturated carbocycles. The highest BCUT2D eigenvalue weighted by Crippen LogP contribution is 2.28. The van der Waals surface area contributed by atoms with Gasteiger partial charge in [0.25, 0.3) is 5.56 Å². The Morgan fingerprint density at radius 2 is 1.74 bits per heavy atom. The van der Waals surface area contributed by atoms with E-state index in [2.05, 4.69) is 46.7 Å². The quantitative estimate of drug-likeness (QED) is 0.358. The summed E-state index contributed by atoms with van der Waals surface area (Å²) >= 11 is 0. The second-order valence-corrected chi connectivity index (χ2v) is 7.28. The Balaban J connectivity index is 1.30. The summed E-state index contributed by atoms with van der Waals surface area (Å²) in [6.07, 6.45) is -0.952. The Kier molecular flexibility index (Phi) is 6.77. The molecule has 0 saturated heterocycles. The van der Waals surface area contributed by atoms with Crippen molar-refractivity contribution in [1.82, 2.24) is 25.1 Å². The van der Waals surface area contributed by atoms with Crippen molar-refractivity contribution in [1.29, 1.82) is 0 Å². The number of alkyl halides is 3. The fourth-order valence-corrected chi connectivity index (χ4v) is 2.94. The lowest BCUT2D eigenvalue weighted by molar-refractivity contribution is -0.156. The predicted octanol–water partition coefficient (Wildman–Crippen LogP) is 3.07. The smallest absolute Gasteiger partial charge is 0.470 e. The van der Waals surface area contributed by atoms with Crippen molar-refractivity contribution in [3.8, 4) is 17.6 Å². The number of hydrogen-bond acceptors (Lipinski definition) is 8. The monoisotopic (exact) mass is 482 g/mol. The van der Waals surface area contributed by atoms with Gasteiger partial charge in [-0.3, -0.25) is 9.78 Å². The van der Waals surface area contributed by atoms with Crippen LogP contribution in [0.15, 0.2) is 58.1 Å². The van der Waals surface area contributed by atoms with Crippen molar-refractivity contribution in [3.05, 3.63) is 93.2 Å². The summed E-state index contributed by atoms with van der Waals surface area (Å²) in [5.41, 5.74) is 2.72. The Labute approximate surface area is 196 Å². The highest BCUT2D eigenvalue weighted by atomic mass is 19.4. The first-order valence-corrected chi connectivity index (χ1v) is 10.2. The maximum atomic E-state index is 12.5. The minimum absolute atomic E-state index is 0.198. The molecule has 4 rings (SSSR count). The number of nitrogens with one attached hydrogen (secondary N) is 2. The Morgan fingerprint density at radius 3 is 2.43 bits per heavy atom. The summed E-state index contributed by atoms with van der Waals surface area (Å²) in [5, 5.41) is 18.6. The first-order valence-electron chi connectivity index (χ1n) is 10.2. The van der Waals surface area contributed by atoms with Gasteiger partial charge in [0.1, 0.15) is 0 Å². The summed E-state index contributed by atoms with van der Waals surface area (Å²) in [5.74, 6) is 4.23. The van der Waals surface area contributed by atoms with Crippen molar-refractivity contribution in [2.45, 2.75) is 25.6 Å². The highest BCUT2D eigenvalue weighted by Gasteiger charge is 2.38. The molecule has 4 aromatic rings. The maximum Gasteiger partial charge on any atom is 0.470 e. The number of aromatic hydroxyl groups is 1. The molecule has 0 unspecified atom stereocenters. The molecule has 178 valence electrons. The van der Waals surface area contributed by atoms with Crippen LogP contribution in [-0.4, -0.2) is 30.3 Å². The lowest BCUT2D eigenvalue weighted by atomic mass is 10.1. The average Bonchev–Trinajstić information content (AvgIpc) is 3.34. The van der Waals surface area contributed by atoms with Crippen LogP contribution in [0.2, 0.25) is 0 Å². The molecule has 0 radical (unpaired) electrons. The van der Waals surface area contributed by atoms with Gasteiger partial charge in [0.2, 0.25) is 5.75 Å². The number of anilines is 1. The lowest BCUT2D eigenvalue weighted by Gasteiger charge is -2.03. The molecular formula is C23H17F3N6O3. The van der Waals surface area contributed by atoms with Crippen LogP contribution in [0.25, 0.3) is 0 Å². The molecule has 12 heteroatoms. The number of aromatic nitrogens is 5. The molecule has 0 fully saturated rings. The third-order valence-electron chi connectivity index (χ3n) is 4.76. The molecule has 0 spiro atoms. The number of aryl methyl sites for hydroxylation is 2. The van der Waals surface area contributed by atoms with Crippen molar-refractivity contribution in [2.75, 3.05) is 5.32 Å². The van der Waals surface area contributed by atoms with E-state index in [1.807, 2.05) is 12.1 Å². The molecule has 0 aliphatic heterocycles. The van der Waals surface area contributed by atoms with Gasteiger partial charge in [-0.2, -0.15) is 13.2 Å². The number of aromatic amines is 1. The van der Waals surface area contributed by atoms with E-state index in [4.69, 9.17) is 0 Å². The predicted molar refractivity (Wildman–Crippen MR) is 117 cm³/mol. The molecule has 3 aromatic heterocycles. The molecule has 0 atom stereocenters. The molecule has 0 bridgehead atoms. The van der Waals surface area contributed by atoms with Crippen LogP contribution in [0.4, 0.5) is 19.2 Å². The Hall–Kier alpha value is -4.66. The summed E-state index contributed by atoms with van der Waals surface area (Å²) < 4.78 is 42.0. The largest absolute Gasteiger partial charge is 0.502 e. The highest BCUT2D eigenvalue weighted by molar-refractivity contribution is 5.43. The minimum Gasteiger partial charge on any atom is -0.502 e. The van der Waals surface area contributed by atoms with E-state index in [1.165, 1.54) is 6.33 Å². The normalized spacial score (nSPS) is 11.1. The van der Waals surface area contributed by atoms with Crippen LogP contribution >= 0.6 is 0 Å². The molecule has 3 N–H and O–H groups in total. The number of hydrogen-bond donors (Lipinski definition) is 3. The topological polar surface area (TPSA) is 130 Å². The van der Waals surface area contributed by atoms with Crippen molar-refractivity contribution >= 4 is 6.01 Å². The van der Waals surface area contributed by atoms with Crippen LogP contribution < -0.4 is 10.9 Å². The molecule has 0 aliphatic rings. The average molecular weight is 482 g/mol. The standard InChI is InChI=1S/C23H17F3N6O3/c24-23(25,26)21-31-32-22(35-21)28-12-15-4-1-14(2-5-15)3-6-16-7-8-17(27-11-16)9-10-18-19(33)20(34)30-13-29-18/h1-2,4-5,7-8,11,13,33H,9-10,12H2,(H,28,32)(H,29,30,34). The van der Waals surface area contributed by atoms with Gasteiger partial charge in [-0.25, -0.2) is 4.98 Å². The molecule has 35 heavy (non-hydrogen) atoms. The summed E-state index contributed by atoms with van der Waals surface area (Å²) in [6, 6.07) is 10.4. The molecule has 0 amide bonds. The number of rotatable bonds is 6. The van der Waals surface area contributed by atoms with Crippen LogP contribution in [0.3, 0.4) is 0 Å². The van der Waals surface area contributed by atoms with Gasteiger partial charge in [0.05, 0.1) is 12.0 Å². The SMILES string of the molecule is O=c1[nH]cnc(CCc2ccc(C#Cc3ccc(CNc4nnc(C(F)(F)F)o4)cc3)cn2)c1O. The Morgan fingerprint density at radius 1 is 1.00 bits per heavy atom. The third kappa shape index (κ3) is 6.23. The van der Waals surface area contributed by atoms with Gasteiger partial charge >= 0.3 is 18.1 Å². The second-order valence-electron chi connectivity index (χ2n) is 7.28. The van der Waals surface area contributed by atoms with E-state index in [-0.39, 0.29) is 18.3 Å². The fraction of sp³-hybridized carbons (Fsp3) is 0.174. The maximum absolute atomic E-state index is 12.5. The van der Waals surface area contributed by atoms with Gasteiger partial charge in [-0.1, -0.05) is 29.1 Å². The molecule has 1 aromatic carbocycles. The molecular weight excluding hydrogens is 465 g/mol. The fourth-order valence-electron chi connectivity index (χ4n) is 2.94. The molecule has 3 heterocycles. The summed E-state index contributed by atoms with van der Waals surface area (Å²) in [6.45, 7) is 0.198. The second kappa shape index (κ2) is 10.1. The minimum atomic E-state index is -4.69.